The van der Waals surface area contributed by atoms with Gasteiger partial charge in [0.05, 0.1) is 6.61 Å². The molecule has 0 spiro atoms. The molecule has 0 aromatic rings. The molecule has 0 bridgehead atoms. The summed E-state index contributed by atoms with van der Waals surface area (Å²) in [5, 5.41) is 8.07. The van der Waals surface area contributed by atoms with E-state index in [1.807, 2.05) is 0 Å². The first kappa shape index (κ1) is 20.4. The Morgan fingerprint density at radius 3 is 2.00 bits per heavy atom. The Kier molecular flexibility index (Phi) is 22.3. The van der Waals surface area contributed by atoms with Crippen molar-refractivity contribution >= 4 is 11.8 Å². The van der Waals surface area contributed by atoms with E-state index in [4.69, 9.17) is 5.11 Å². The van der Waals surface area contributed by atoms with E-state index in [-0.39, 0.29) is 38.4 Å². The van der Waals surface area contributed by atoms with Crippen LogP contribution in [0.15, 0.2) is 0 Å². The van der Waals surface area contributed by atoms with Gasteiger partial charge < -0.3 is 9.84 Å². The summed E-state index contributed by atoms with van der Waals surface area (Å²) in [4.78, 5) is 20.6. The van der Waals surface area contributed by atoms with Crippen molar-refractivity contribution in [1.29, 1.82) is 0 Å². The van der Waals surface area contributed by atoms with Crippen LogP contribution in [0.2, 0.25) is 0 Å². The van der Waals surface area contributed by atoms with Crippen LogP contribution >= 0.6 is 0 Å². The minimum atomic E-state index is -0.440. The monoisotopic (exact) mass is 294 g/mol. The molecular weight excluding hydrogens is 275 g/mol. The molecule has 0 aliphatic heterocycles. The zero-order valence-electron chi connectivity index (χ0n) is 9.71. The van der Waals surface area contributed by atoms with E-state index >= 15 is 0 Å². The first-order chi connectivity index (χ1) is 6.58. The van der Waals surface area contributed by atoms with E-state index in [0.717, 1.165) is 12.8 Å². The van der Waals surface area contributed by atoms with Crippen molar-refractivity contribution in [2.24, 2.45) is 0 Å². The number of rotatable bonds is 5. The van der Waals surface area contributed by atoms with Crippen LogP contribution in [0.1, 0.15) is 40.0 Å². The van der Waals surface area contributed by atoms with Crippen molar-refractivity contribution < 1.29 is 45.6 Å². The molecule has 1 N–H and O–H groups in total. The average Bonchev–Trinajstić information content (AvgIpc) is 2.05. The maximum absolute atomic E-state index is 10.4. The number of carbonyl (C=O) groups excluding carboxylic acids is 2. The van der Waals surface area contributed by atoms with Crippen molar-refractivity contribution in [3.05, 3.63) is 0 Å². The summed E-state index contributed by atoms with van der Waals surface area (Å²) in [6.07, 6.45) is 1.93. The Hall–Kier alpha value is -0.0169. The van der Waals surface area contributed by atoms with E-state index in [1.54, 1.807) is 6.92 Å². The third-order valence-corrected chi connectivity index (χ3v) is 1.21. The summed E-state index contributed by atoms with van der Waals surface area (Å²) in [5.41, 5.74) is 0. The number of aliphatic hydroxyl groups is 1. The Labute approximate surface area is 111 Å². The minimum absolute atomic E-state index is 0. The van der Waals surface area contributed by atoms with Gasteiger partial charge in [0.2, 0.25) is 0 Å². The van der Waals surface area contributed by atoms with E-state index in [9.17, 15) is 9.59 Å². The zero-order valence-corrected chi connectivity index (χ0v) is 12.2. The van der Waals surface area contributed by atoms with Gasteiger partial charge in [0, 0.05) is 32.8 Å². The molecule has 0 rings (SSSR count). The number of aliphatic hydroxyl groups excluding tert-OH is 1. The predicted molar refractivity (Wildman–Crippen MR) is 53.9 cm³/mol. The summed E-state index contributed by atoms with van der Waals surface area (Å²) in [7, 11) is 0. The van der Waals surface area contributed by atoms with Crippen LogP contribution in [0.5, 0.6) is 0 Å². The summed E-state index contributed by atoms with van der Waals surface area (Å²) in [6.45, 7) is 5.80. The fraction of sp³-hybridized carbons (Fsp3) is 0.800. The van der Waals surface area contributed by atoms with Gasteiger partial charge in [0.15, 0.2) is 0 Å². The van der Waals surface area contributed by atoms with Gasteiger partial charge >= 0.3 is 5.97 Å². The molecule has 0 atom stereocenters. The Morgan fingerprint density at radius 2 is 1.80 bits per heavy atom. The second kappa shape index (κ2) is 16.4. The summed E-state index contributed by atoms with van der Waals surface area (Å²) >= 11 is 0. The number of ether oxygens (including phenoxy) is 1. The van der Waals surface area contributed by atoms with Gasteiger partial charge in [-0.3, -0.25) is 9.59 Å². The molecule has 0 aromatic heterocycles. The first-order valence-corrected chi connectivity index (χ1v) is 4.84. The van der Waals surface area contributed by atoms with Crippen molar-refractivity contribution in [3.63, 3.8) is 0 Å². The van der Waals surface area contributed by atoms with Gasteiger partial charge in [-0.15, -0.1) is 0 Å². The van der Waals surface area contributed by atoms with Gasteiger partial charge in [-0.1, -0.05) is 13.3 Å². The fourth-order valence-electron chi connectivity index (χ4n) is 0.573. The molecule has 0 saturated heterocycles. The Bertz CT molecular complexity index is 158. The van der Waals surface area contributed by atoms with Crippen molar-refractivity contribution in [3.8, 4) is 0 Å². The van der Waals surface area contributed by atoms with Crippen LogP contribution < -0.4 is 0 Å². The standard InChI is InChI=1S/C6H10O3.C4H10O.Zr/c1-3-9-6(8)4-5(2)7;1-2-3-4-5;/h3-4H2,1-2H3;5H,2-4H2,1H3;. The second-order valence-corrected chi connectivity index (χ2v) is 2.76. The van der Waals surface area contributed by atoms with Gasteiger partial charge in [-0.25, -0.2) is 0 Å². The van der Waals surface area contributed by atoms with E-state index in [1.165, 1.54) is 6.92 Å². The number of Topliss-reactive ketones (excluding diaryl/α,β-unsaturated/α-hetero) is 1. The van der Waals surface area contributed by atoms with Crippen LogP contribution in [0.4, 0.5) is 0 Å². The molecule has 4 nitrogen and oxygen atoms in total. The van der Waals surface area contributed by atoms with Gasteiger partial charge in [0.25, 0.3) is 0 Å². The van der Waals surface area contributed by atoms with Gasteiger partial charge in [0.1, 0.15) is 12.2 Å². The molecule has 5 heteroatoms. The summed E-state index contributed by atoms with van der Waals surface area (Å²) in [6, 6.07) is 0. The fourth-order valence-corrected chi connectivity index (χ4v) is 0.573. The van der Waals surface area contributed by atoms with E-state index in [0.29, 0.717) is 13.2 Å². The van der Waals surface area contributed by atoms with Crippen LogP contribution in [-0.2, 0) is 40.5 Å². The summed E-state index contributed by atoms with van der Waals surface area (Å²) < 4.78 is 4.49. The number of hydrogen-bond donors (Lipinski definition) is 1. The minimum Gasteiger partial charge on any atom is -0.466 e. The molecule has 0 aromatic carbocycles. The maximum Gasteiger partial charge on any atom is 0.313 e. The van der Waals surface area contributed by atoms with Gasteiger partial charge in [-0.2, -0.15) is 0 Å². The van der Waals surface area contributed by atoms with Gasteiger partial charge in [-0.05, 0) is 20.3 Å². The number of hydrogen-bond acceptors (Lipinski definition) is 4. The third kappa shape index (κ3) is 24.9. The molecule has 0 aliphatic rings. The topological polar surface area (TPSA) is 63.6 Å². The molecule has 15 heavy (non-hydrogen) atoms. The molecule has 0 aliphatic carbocycles. The zero-order chi connectivity index (χ0) is 11.4. The number of ketones is 1. The third-order valence-electron chi connectivity index (χ3n) is 1.21. The average molecular weight is 295 g/mol. The molecule has 0 saturated carbocycles. The van der Waals surface area contributed by atoms with E-state index < -0.39 is 5.97 Å². The quantitative estimate of drug-likeness (QED) is 0.613. The maximum atomic E-state index is 10.4. The van der Waals surface area contributed by atoms with Crippen LogP contribution in [-0.4, -0.2) is 30.1 Å². The smallest absolute Gasteiger partial charge is 0.313 e. The second-order valence-electron chi connectivity index (χ2n) is 2.76. The molecular formula is C10H20O4Zr. The van der Waals surface area contributed by atoms with E-state index in [2.05, 4.69) is 11.7 Å². The normalized spacial score (nSPS) is 8.00. The SMILES string of the molecule is CCCCO.CCOC(=O)CC(C)=O.[Zr]. The number of carbonyl (C=O) groups is 2. The summed E-state index contributed by atoms with van der Waals surface area (Å²) in [5.74, 6) is -0.599. The molecule has 0 radical (unpaired) electrons. The molecule has 88 valence electrons. The predicted octanol–water partition coefficient (Wildman–Crippen LogP) is 1.30. The number of unbranched alkanes of at least 4 members (excludes halogenated alkanes) is 1. The van der Waals surface area contributed by atoms with Crippen molar-refractivity contribution in [2.75, 3.05) is 13.2 Å². The molecule has 0 amide bonds. The van der Waals surface area contributed by atoms with Crippen LogP contribution in [0.25, 0.3) is 0 Å². The molecule has 0 unspecified atom stereocenters. The molecule has 0 heterocycles. The van der Waals surface area contributed by atoms with Crippen LogP contribution in [0.3, 0.4) is 0 Å². The Balaban J connectivity index is -0.000000208. The first-order valence-electron chi connectivity index (χ1n) is 4.84. The largest absolute Gasteiger partial charge is 0.466 e. The Morgan fingerprint density at radius 1 is 1.27 bits per heavy atom. The van der Waals surface area contributed by atoms with Crippen LogP contribution in [0, 0.1) is 0 Å². The number of esters is 1. The molecule has 0 fully saturated rings. The van der Waals surface area contributed by atoms with Crippen molar-refractivity contribution in [1.82, 2.24) is 0 Å². The van der Waals surface area contributed by atoms with Crippen molar-refractivity contribution in [2.45, 2.75) is 40.0 Å².